The van der Waals surface area contributed by atoms with Gasteiger partial charge in [0.05, 0.1) is 0 Å². The summed E-state index contributed by atoms with van der Waals surface area (Å²) in [6, 6.07) is 10.6. The quantitative estimate of drug-likeness (QED) is 0.255. The third kappa shape index (κ3) is 41.1. The molecule has 0 radical (unpaired) electrons. The zero-order valence-electron chi connectivity index (χ0n) is 30.5. The van der Waals surface area contributed by atoms with Gasteiger partial charge in [0.15, 0.2) is 5.41 Å². The molecule has 1 aliphatic rings. The van der Waals surface area contributed by atoms with Crippen LogP contribution in [0.25, 0.3) is 0 Å². The van der Waals surface area contributed by atoms with E-state index < -0.39 is 27.6 Å². The molecule has 3 nitrogen and oxygen atoms in total. The molecule has 0 saturated heterocycles. The van der Waals surface area contributed by atoms with Crippen LogP contribution in [0.3, 0.4) is 0 Å². The first-order valence-corrected chi connectivity index (χ1v) is 18.2. The van der Waals surface area contributed by atoms with Gasteiger partial charge in [-0.2, -0.15) is 38.1 Å². The van der Waals surface area contributed by atoms with Crippen LogP contribution < -0.4 is 0 Å². The summed E-state index contributed by atoms with van der Waals surface area (Å²) < 4.78 is 93.2. The SMILES string of the molecule is CC(C)(C(F)(F)F)C(F)(F)F.CC(C)(C)C.CC(C)(C)c1ccccc1.CC1(C)CCCC1.COC.CS(C)(=O)=O.CSC. The topological polar surface area (TPSA) is 43.4 Å². The van der Waals surface area contributed by atoms with E-state index in [1.165, 1.54) is 31.2 Å². The van der Waals surface area contributed by atoms with Crippen molar-refractivity contribution in [3.63, 3.8) is 0 Å². The van der Waals surface area contributed by atoms with Crippen LogP contribution in [0.5, 0.6) is 0 Å². The summed E-state index contributed by atoms with van der Waals surface area (Å²) in [4.78, 5) is 0. The summed E-state index contributed by atoms with van der Waals surface area (Å²) in [6.07, 6.45) is 1.75. The molecule has 44 heavy (non-hydrogen) atoms. The van der Waals surface area contributed by atoms with Crippen molar-refractivity contribution in [2.24, 2.45) is 16.2 Å². The van der Waals surface area contributed by atoms with Crippen LogP contribution in [0.15, 0.2) is 30.3 Å². The standard InChI is InChI=1S/C10H14.C7H14.C5H6F6.C5H12.C2H6O2S.C2H6O.C2H6S/c1-10(2,3)9-7-5-4-6-8-9;1-7(2)5-3-4-6-7;1-3(2,4(6,7)8)5(9,10)11;2*1-5(2,3)4;2*1-3-2/h4-8H,1-3H3;3-6H2,1-2H3;1-2H3;1-4H3;1-2H3;2*1-2H3. The Balaban J connectivity index is -0.000000142. The monoisotopic (exact) mass is 686 g/mol. The summed E-state index contributed by atoms with van der Waals surface area (Å²) in [5.41, 5.74) is -0.739. The average molecular weight is 687 g/mol. The molecular weight excluding hydrogens is 622 g/mol. The Morgan fingerprint density at radius 3 is 1.02 bits per heavy atom. The minimum absolute atomic E-state index is 0.104. The number of rotatable bonds is 0. The van der Waals surface area contributed by atoms with Gasteiger partial charge in [-0.3, -0.25) is 0 Å². The molecule has 1 fully saturated rings. The van der Waals surface area contributed by atoms with Crippen molar-refractivity contribution in [1.82, 2.24) is 0 Å². The smallest absolute Gasteiger partial charge is 0.388 e. The van der Waals surface area contributed by atoms with Crippen LogP contribution in [-0.2, 0) is 20.0 Å². The van der Waals surface area contributed by atoms with Gasteiger partial charge < -0.3 is 4.74 Å². The molecule has 0 aliphatic heterocycles. The van der Waals surface area contributed by atoms with Gasteiger partial charge in [0.25, 0.3) is 0 Å². The molecular formula is C33H64F6O3S2. The fourth-order valence-electron chi connectivity index (χ4n) is 2.43. The molecule has 2 rings (SSSR count). The number of halogens is 6. The highest BCUT2D eigenvalue weighted by Crippen LogP contribution is 2.49. The van der Waals surface area contributed by atoms with Crippen LogP contribution in [0.4, 0.5) is 26.3 Å². The summed E-state index contributed by atoms with van der Waals surface area (Å²) in [7, 11) is 0.583. The molecule has 0 heterocycles. The zero-order chi connectivity index (χ0) is 36.9. The number of sulfone groups is 1. The Bertz CT molecular complexity index is 857. The van der Waals surface area contributed by atoms with Gasteiger partial charge in [0, 0.05) is 26.7 Å². The van der Waals surface area contributed by atoms with E-state index in [4.69, 9.17) is 0 Å². The van der Waals surface area contributed by atoms with Crippen LogP contribution in [-0.4, -0.2) is 60.0 Å². The van der Waals surface area contributed by atoms with Gasteiger partial charge in [-0.05, 0) is 61.0 Å². The van der Waals surface area contributed by atoms with E-state index in [0.717, 1.165) is 12.5 Å². The Kier molecular flexibility index (Phi) is 28.0. The largest absolute Gasteiger partial charge is 0.402 e. The van der Waals surface area contributed by atoms with Crippen molar-refractivity contribution >= 4 is 21.6 Å². The summed E-state index contributed by atoms with van der Waals surface area (Å²) in [5, 5.41) is 0. The maximum Gasteiger partial charge on any atom is 0.402 e. The molecule has 1 aromatic rings. The fraction of sp³-hybridized carbons (Fsp3) is 0.818. The second kappa shape index (κ2) is 23.4. The van der Waals surface area contributed by atoms with E-state index in [9.17, 15) is 34.8 Å². The molecule has 0 amide bonds. The molecule has 268 valence electrons. The fourth-order valence-corrected chi connectivity index (χ4v) is 2.43. The molecule has 0 N–H and O–H groups in total. The van der Waals surface area contributed by atoms with Crippen LogP contribution in [0.2, 0.25) is 0 Å². The van der Waals surface area contributed by atoms with Crippen molar-refractivity contribution in [2.45, 2.75) is 120 Å². The van der Waals surface area contributed by atoms with Gasteiger partial charge in [0.1, 0.15) is 9.84 Å². The highest BCUT2D eigenvalue weighted by molar-refractivity contribution is 7.97. The first kappa shape index (κ1) is 52.6. The van der Waals surface area contributed by atoms with E-state index in [0.29, 0.717) is 16.2 Å². The van der Waals surface area contributed by atoms with Gasteiger partial charge >= 0.3 is 12.4 Å². The van der Waals surface area contributed by atoms with Crippen molar-refractivity contribution < 1.29 is 39.5 Å². The van der Waals surface area contributed by atoms with Crippen LogP contribution in [0.1, 0.15) is 107 Å². The second-order valence-electron chi connectivity index (χ2n) is 14.6. The van der Waals surface area contributed by atoms with E-state index in [-0.39, 0.29) is 13.8 Å². The van der Waals surface area contributed by atoms with Crippen LogP contribution >= 0.6 is 11.8 Å². The highest BCUT2D eigenvalue weighted by Gasteiger charge is 2.64. The average Bonchev–Trinajstić information content (AvgIpc) is 3.16. The number of ether oxygens (including phenoxy) is 1. The first-order valence-electron chi connectivity index (χ1n) is 14.3. The maximum absolute atomic E-state index is 11.6. The van der Waals surface area contributed by atoms with Gasteiger partial charge in [-0.15, -0.1) is 0 Å². The Labute approximate surface area is 271 Å². The molecule has 0 unspecified atom stereocenters. The molecule has 0 spiro atoms. The summed E-state index contributed by atoms with van der Waals surface area (Å²) in [6.45, 7) is 20.4. The normalized spacial score (nSPS) is 14.4. The predicted molar refractivity (Wildman–Crippen MR) is 182 cm³/mol. The van der Waals surface area contributed by atoms with Crippen molar-refractivity contribution in [3.05, 3.63) is 35.9 Å². The Hall–Kier alpha value is -0.940. The van der Waals surface area contributed by atoms with E-state index in [1.54, 1.807) is 26.0 Å². The third-order valence-electron chi connectivity index (χ3n) is 5.01. The summed E-state index contributed by atoms with van der Waals surface area (Å²) >= 11 is 1.75. The zero-order valence-corrected chi connectivity index (χ0v) is 32.2. The summed E-state index contributed by atoms with van der Waals surface area (Å²) in [5.74, 6) is 0. The molecule has 1 aromatic carbocycles. The Morgan fingerprint density at radius 2 is 0.932 bits per heavy atom. The molecule has 0 bridgehead atoms. The minimum Gasteiger partial charge on any atom is -0.388 e. The first-order chi connectivity index (χ1) is 19.1. The Morgan fingerprint density at radius 1 is 0.705 bits per heavy atom. The molecule has 11 heteroatoms. The molecule has 0 aromatic heterocycles. The second-order valence-corrected chi connectivity index (χ2v) is 17.7. The van der Waals surface area contributed by atoms with E-state index >= 15 is 0 Å². The lowest BCUT2D eigenvalue weighted by atomic mass is 9.87. The van der Waals surface area contributed by atoms with Crippen molar-refractivity contribution in [3.8, 4) is 0 Å². The van der Waals surface area contributed by atoms with Gasteiger partial charge in [-0.1, -0.05) is 105 Å². The number of methoxy groups -OCH3 is 1. The van der Waals surface area contributed by atoms with Crippen molar-refractivity contribution in [2.75, 3.05) is 39.2 Å². The lowest BCUT2D eigenvalue weighted by Gasteiger charge is -2.29. The number of benzene rings is 1. The minimum atomic E-state index is -5.24. The third-order valence-corrected chi connectivity index (χ3v) is 5.01. The maximum atomic E-state index is 11.6. The lowest BCUT2D eigenvalue weighted by molar-refractivity contribution is -0.327. The van der Waals surface area contributed by atoms with Crippen molar-refractivity contribution in [1.29, 1.82) is 0 Å². The van der Waals surface area contributed by atoms with Gasteiger partial charge in [-0.25, -0.2) is 8.42 Å². The number of alkyl halides is 6. The number of hydrogen-bond acceptors (Lipinski definition) is 4. The molecule has 1 saturated carbocycles. The van der Waals surface area contributed by atoms with Crippen LogP contribution in [0, 0.1) is 16.2 Å². The predicted octanol–water partition coefficient (Wildman–Crippen LogP) is 11.7. The van der Waals surface area contributed by atoms with E-state index in [1.807, 2.05) is 12.5 Å². The van der Waals surface area contributed by atoms with Gasteiger partial charge in [0.2, 0.25) is 0 Å². The van der Waals surface area contributed by atoms with E-state index in [2.05, 4.69) is 97.4 Å². The molecule has 1 aliphatic carbocycles. The highest BCUT2D eigenvalue weighted by atomic mass is 32.2. The lowest BCUT2D eigenvalue weighted by Crippen LogP contribution is -2.44. The number of hydrogen-bond donors (Lipinski definition) is 0. The molecule has 0 atom stereocenters. The number of thioether (sulfide) groups is 1.